The van der Waals surface area contributed by atoms with Crippen molar-refractivity contribution in [2.24, 2.45) is 0 Å². The molecule has 0 atom stereocenters. The zero-order valence-electron chi connectivity index (χ0n) is 15.3. The summed E-state index contributed by atoms with van der Waals surface area (Å²) in [5.41, 5.74) is 0.350. The van der Waals surface area contributed by atoms with Crippen LogP contribution in [0.3, 0.4) is 0 Å². The predicted molar refractivity (Wildman–Crippen MR) is 110 cm³/mol. The van der Waals surface area contributed by atoms with Crippen LogP contribution in [0.25, 0.3) is 0 Å². The van der Waals surface area contributed by atoms with Gasteiger partial charge in [-0.2, -0.15) is 0 Å². The number of ketones is 1. The van der Waals surface area contributed by atoms with Crippen molar-refractivity contribution in [2.45, 2.75) is 11.4 Å². The molecule has 0 bridgehead atoms. The standard InChI is InChI=1S/C20H15Cl2NO6S/c21-17-8-5-14(10-18(17)22)19(24)12-29-20(25)13-3-6-16(7-4-13)30(26,27)23-11-15-2-1-9-28-15/h1-10,23H,11-12H2. The average molecular weight is 468 g/mol. The van der Waals surface area contributed by atoms with Gasteiger partial charge in [-0.1, -0.05) is 23.2 Å². The highest BCUT2D eigenvalue weighted by Gasteiger charge is 2.17. The smallest absolute Gasteiger partial charge is 0.338 e. The number of halogens is 2. The van der Waals surface area contributed by atoms with E-state index in [4.69, 9.17) is 32.4 Å². The van der Waals surface area contributed by atoms with Crippen LogP contribution < -0.4 is 4.72 Å². The number of carbonyl (C=O) groups excluding carboxylic acids is 2. The second-order valence-corrected chi connectivity index (χ2v) is 8.64. The van der Waals surface area contributed by atoms with Crippen molar-refractivity contribution in [2.75, 3.05) is 6.61 Å². The van der Waals surface area contributed by atoms with E-state index in [2.05, 4.69) is 4.72 Å². The lowest BCUT2D eigenvalue weighted by Gasteiger charge is -2.07. The molecule has 156 valence electrons. The molecule has 0 saturated carbocycles. The molecule has 30 heavy (non-hydrogen) atoms. The van der Waals surface area contributed by atoms with Gasteiger partial charge < -0.3 is 9.15 Å². The number of esters is 1. The van der Waals surface area contributed by atoms with Gasteiger partial charge in [0.2, 0.25) is 10.0 Å². The Morgan fingerprint density at radius 3 is 2.30 bits per heavy atom. The van der Waals surface area contributed by atoms with Crippen molar-refractivity contribution in [3.63, 3.8) is 0 Å². The molecule has 0 aliphatic heterocycles. The molecule has 3 aromatic rings. The first-order valence-corrected chi connectivity index (χ1v) is 10.8. The van der Waals surface area contributed by atoms with Crippen LogP contribution in [0, 0.1) is 0 Å². The number of Topliss-reactive ketones (excluding diaryl/α,β-unsaturated/α-hetero) is 1. The van der Waals surface area contributed by atoms with E-state index in [1.807, 2.05) is 0 Å². The highest BCUT2D eigenvalue weighted by molar-refractivity contribution is 7.89. The van der Waals surface area contributed by atoms with E-state index in [9.17, 15) is 18.0 Å². The van der Waals surface area contributed by atoms with Crippen molar-refractivity contribution in [3.8, 4) is 0 Å². The zero-order chi connectivity index (χ0) is 21.7. The maximum absolute atomic E-state index is 12.3. The van der Waals surface area contributed by atoms with Crippen LogP contribution in [0.4, 0.5) is 0 Å². The van der Waals surface area contributed by atoms with Crippen LogP contribution in [0.1, 0.15) is 26.5 Å². The van der Waals surface area contributed by atoms with Gasteiger partial charge in [-0.05, 0) is 54.6 Å². The van der Waals surface area contributed by atoms with E-state index in [0.29, 0.717) is 10.8 Å². The van der Waals surface area contributed by atoms with E-state index in [1.165, 1.54) is 48.7 Å². The van der Waals surface area contributed by atoms with Gasteiger partial charge in [-0.25, -0.2) is 17.9 Å². The van der Waals surface area contributed by atoms with Gasteiger partial charge in [0, 0.05) is 5.56 Å². The third-order valence-corrected chi connectivity index (χ3v) is 6.15. The maximum atomic E-state index is 12.3. The van der Waals surface area contributed by atoms with Crippen molar-refractivity contribution in [1.82, 2.24) is 4.72 Å². The minimum atomic E-state index is -3.79. The Labute approximate surface area is 182 Å². The fraction of sp³-hybridized carbons (Fsp3) is 0.100. The van der Waals surface area contributed by atoms with E-state index >= 15 is 0 Å². The Morgan fingerprint density at radius 2 is 1.67 bits per heavy atom. The Balaban J connectivity index is 1.59. The third kappa shape index (κ3) is 5.48. The lowest BCUT2D eigenvalue weighted by atomic mass is 10.1. The van der Waals surface area contributed by atoms with Crippen molar-refractivity contribution in [1.29, 1.82) is 0 Å². The summed E-state index contributed by atoms with van der Waals surface area (Å²) in [4.78, 5) is 24.2. The van der Waals surface area contributed by atoms with Crippen LogP contribution >= 0.6 is 23.2 Å². The van der Waals surface area contributed by atoms with E-state index < -0.39 is 28.4 Å². The summed E-state index contributed by atoms with van der Waals surface area (Å²) in [6.45, 7) is -0.502. The molecule has 1 heterocycles. The second-order valence-electron chi connectivity index (χ2n) is 6.06. The molecular formula is C20H15Cl2NO6S. The van der Waals surface area contributed by atoms with Gasteiger partial charge in [0.15, 0.2) is 12.4 Å². The van der Waals surface area contributed by atoms with Crippen molar-refractivity contribution >= 4 is 45.0 Å². The first-order valence-electron chi connectivity index (χ1n) is 8.54. The van der Waals surface area contributed by atoms with Crippen LogP contribution in [0.2, 0.25) is 10.0 Å². The van der Waals surface area contributed by atoms with Gasteiger partial charge in [0.1, 0.15) is 5.76 Å². The van der Waals surface area contributed by atoms with Crippen LogP contribution in [0.5, 0.6) is 0 Å². The predicted octanol–water partition coefficient (Wildman–Crippen LogP) is 4.10. The summed E-state index contributed by atoms with van der Waals surface area (Å²) in [5, 5.41) is 0.519. The molecule has 1 aromatic heterocycles. The number of nitrogens with one attached hydrogen (secondary N) is 1. The van der Waals surface area contributed by atoms with Gasteiger partial charge >= 0.3 is 5.97 Å². The summed E-state index contributed by atoms with van der Waals surface area (Å²) >= 11 is 11.7. The van der Waals surface area contributed by atoms with Crippen LogP contribution in [0.15, 0.2) is 70.2 Å². The van der Waals surface area contributed by atoms with E-state index in [-0.39, 0.29) is 27.6 Å². The van der Waals surface area contributed by atoms with Gasteiger partial charge in [-0.3, -0.25) is 4.79 Å². The molecule has 0 spiro atoms. The number of hydrogen-bond acceptors (Lipinski definition) is 6. The lowest BCUT2D eigenvalue weighted by Crippen LogP contribution is -2.23. The number of ether oxygens (including phenoxy) is 1. The molecule has 0 radical (unpaired) electrons. The SMILES string of the molecule is O=C(COC(=O)c1ccc(S(=O)(=O)NCc2ccco2)cc1)c1ccc(Cl)c(Cl)c1. The molecule has 0 aliphatic rings. The molecule has 2 aromatic carbocycles. The maximum Gasteiger partial charge on any atom is 0.338 e. The summed E-state index contributed by atoms with van der Waals surface area (Å²) in [5.74, 6) is -0.760. The summed E-state index contributed by atoms with van der Waals surface area (Å²) in [7, 11) is -3.79. The second kappa shape index (κ2) is 9.44. The highest BCUT2D eigenvalue weighted by atomic mass is 35.5. The summed E-state index contributed by atoms with van der Waals surface area (Å²) < 4.78 is 37.1. The van der Waals surface area contributed by atoms with Crippen molar-refractivity contribution < 1.29 is 27.2 Å². The number of hydrogen-bond donors (Lipinski definition) is 1. The number of sulfonamides is 1. The van der Waals surface area contributed by atoms with Gasteiger partial charge in [0.25, 0.3) is 0 Å². The number of rotatable bonds is 8. The zero-order valence-corrected chi connectivity index (χ0v) is 17.6. The molecule has 0 amide bonds. The summed E-state index contributed by atoms with van der Waals surface area (Å²) in [6, 6.07) is 12.7. The minimum Gasteiger partial charge on any atom is -0.468 e. The van der Waals surface area contributed by atoms with Gasteiger partial charge in [-0.15, -0.1) is 0 Å². The van der Waals surface area contributed by atoms with E-state index in [0.717, 1.165) is 0 Å². The first kappa shape index (κ1) is 22.0. The fourth-order valence-electron chi connectivity index (χ4n) is 2.40. The molecule has 0 saturated heterocycles. The third-order valence-electron chi connectivity index (χ3n) is 3.99. The normalized spacial score (nSPS) is 11.3. The van der Waals surface area contributed by atoms with Gasteiger partial charge in [0.05, 0.1) is 33.3 Å². The van der Waals surface area contributed by atoms with Crippen LogP contribution in [-0.4, -0.2) is 26.8 Å². The molecule has 0 aliphatic carbocycles. The fourth-order valence-corrected chi connectivity index (χ4v) is 3.69. The molecule has 0 fully saturated rings. The van der Waals surface area contributed by atoms with Crippen LogP contribution in [-0.2, 0) is 21.3 Å². The Bertz CT molecular complexity index is 1160. The molecule has 7 nitrogen and oxygen atoms in total. The quantitative estimate of drug-likeness (QED) is 0.395. The molecule has 10 heteroatoms. The Morgan fingerprint density at radius 1 is 0.967 bits per heavy atom. The molecular weight excluding hydrogens is 453 g/mol. The molecule has 1 N–H and O–H groups in total. The molecule has 3 rings (SSSR count). The Hall–Kier alpha value is -2.65. The Kier molecular flexibility index (Phi) is 6.94. The number of furan rings is 1. The largest absolute Gasteiger partial charge is 0.468 e. The number of benzene rings is 2. The summed E-state index contributed by atoms with van der Waals surface area (Å²) in [6.07, 6.45) is 1.44. The average Bonchev–Trinajstić information content (AvgIpc) is 3.26. The number of carbonyl (C=O) groups is 2. The monoisotopic (exact) mass is 467 g/mol. The first-order chi connectivity index (χ1) is 14.3. The molecule has 0 unspecified atom stereocenters. The minimum absolute atomic E-state index is 0.00402. The van der Waals surface area contributed by atoms with E-state index in [1.54, 1.807) is 12.1 Å². The lowest BCUT2D eigenvalue weighted by molar-refractivity contribution is 0.0474. The van der Waals surface area contributed by atoms with Crippen molar-refractivity contribution in [3.05, 3.63) is 87.8 Å². The highest BCUT2D eigenvalue weighted by Crippen LogP contribution is 2.23. The topological polar surface area (TPSA) is 103 Å².